The van der Waals surface area contributed by atoms with E-state index in [-0.39, 0.29) is 18.4 Å². The standard InChI is InChI=1S/C14H20N4.ClH/c1-9(2)10-3-5-11(6-4-10)13(12-7-8-12)17-18-14(15)16;/h3-6,9,12H,7-8H2,1-2H3,(H4,15,16,18);1H/b17-13+;. The summed E-state index contributed by atoms with van der Waals surface area (Å²) in [6.45, 7) is 4.37. The molecule has 0 unspecified atom stereocenters. The summed E-state index contributed by atoms with van der Waals surface area (Å²) < 4.78 is 0. The van der Waals surface area contributed by atoms with Gasteiger partial charge in [-0.3, -0.25) is 0 Å². The second kappa shape index (κ2) is 6.57. The van der Waals surface area contributed by atoms with Crippen LogP contribution in [0.4, 0.5) is 0 Å². The number of halogens is 1. The highest BCUT2D eigenvalue weighted by Gasteiger charge is 2.28. The van der Waals surface area contributed by atoms with E-state index >= 15 is 0 Å². The Balaban J connectivity index is 0.00000180. The molecule has 4 nitrogen and oxygen atoms in total. The van der Waals surface area contributed by atoms with Gasteiger partial charge >= 0.3 is 0 Å². The van der Waals surface area contributed by atoms with E-state index in [0.717, 1.165) is 11.3 Å². The molecule has 19 heavy (non-hydrogen) atoms. The quantitative estimate of drug-likeness (QED) is 0.505. The lowest BCUT2D eigenvalue weighted by molar-refractivity contribution is 0.866. The van der Waals surface area contributed by atoms with Crippen LogP contribution in [0.2, 0.25) is 0 Å². The highest BCUT2D eigenvalue weighted by Crippen LogP contribution is 2.33. The molecule has 0 radical (unpaired) electrons. The summed E-state index contributed by atoms with van der Waals surface area (Å²) in [5.74, 6) is 1.06. The topological polar surface area (TPSA) is 76.8 Å². The number of rotatable bonds is 4. The minimum Gasteiger partial charge on any atom is -0.369 e. The van der Waals surface area contributed by atoms with E-state index in [9.17, 15) is 0 Å². The average Bonchev–Trinajstić information content (AvgIpc) is 3.14. The highest BCUT2D eigenvalue weighted by molar-refractivity contribution is 6.03. The van der Waals surface area contributed by atoms with E-state index in [1.54, 1.807) is 0 Å². The fraction of sp³-hybridized carbons (Fsp3) is 0.429. The summed E-state index contributed by atoms with van der Waals surface area (Å²) in [6.07, 6.45) is 2.34. The van der Waals surface area contributed by atoms with E-state index < -0.39 is 0 Å². The van der Waals surface area contributed by atoms with Crippen molar-refractivity contribution in [1.82, 2.24) is 0 Å². The zero-order valence-electron chi connectivity index (χ0n) is 11.3. The number of hydrogen-bond acceptors (Lipinski definition) is 2. The van der Waals surface area contributed by atoms with Crippen LogP contribution in [0.1, 0.15) is 43.7 Å². The van der Waals surface area contributed by atoms with Gasteiger partial charge < -0.3 is 11.5 Å². The van der Waals surface area contributed by atoms with Crippen LogP contribution in [0, 0.1) is 5.92 Å². The summed E-state index contributed by atoms with van der Waals surface area (Å²) in [5, 5.41) is 7.96. The lowest BCUT2D eigenvalue weighted by Gasteiger charge is -2.08. The van der Waals surface area contributed by atoms with E-state index in [1.807, 2.05) is 0 Å². The van der Waals surface area contributed by atoms with Gasteiger partial charge in [-0.05, 0) is 29.9 Å². The zero-order valence-corrected chi connectivity index (χ0v) is 12.2. The normalized spacial score (nSPS) is 15.0. The Bertz CT molecular complexity index is 469. The van der Waals surface area contributed by atoms with Crippen LogP contribution in [0.25, 0.3) is 0 Å². The average molecular weight is 281 g/mol. The molecule has 5 heteroatoms. The molecule has 0 atom stereocenters. The van der Waals surface area contributed by atoms with Crippen molar-refractivity contribution in [2.45, 2.75) is 32.6 Å². The summed E-state index contributed by atoms with van der Waals surface area (Å²) in [5.41, 5.74) is 14.1. The van der Waals surface area contributed by atoms with Gasteiger partial charge in [0.15, 0.2) is 0 Å². The first-order chi connectivity index (χ1) is 8.58. The first-order valence-electron chi connectivity index (χ1n) is 6.34. The molecular formula is C14H21ClN4. The van der Waals surface area contributed by atoms with Crippen LogP contribution in [0.15, 0.2) is 34.5 Å². The maximum atomic E-state index is 5.32. The van der Waals surface area contributed by atoms with Crippen LogP contribution in [-0.4, -0.2) is 11.7 Å². The molecule has 2 rings (SSSR count). The van der Waals surface area contributed by atoms with Crippen LogP contribution in [0.5, 0.6) is 0 Å². The van der Waals surface area contributed by atoms with Crippen LogP contribution in [-0.2, 0) is 0 Å². The SMILES string of the molecule is CC(C)c1ccc(/C(=N\N=C(N)N)C2CC2)cc1.Cl. The minimum absolute atomic E-state index is 0. The Morgan fingerprint density at radius 3 is 2.11 bits per heavy atom. The summed E-state index contributed by atoms with van der Waals surface area (Å²) >= 11 is 0. The van der Waals surface area contributed by atoms with Crippen molar-refractivity contribution in [3.05, 3.63) is 35.4 Å². The molecule has 1 aliphatic carbocycles. The summed E-state index contributed by atoms with van der Waals surface area (Å²) in [7, 11) is 0. The Kier molecular flexibility index (Phi) is 5.36. The molecule has 4 N–H and O–H groups in total. The van der Waals surface area contributed by atoms with Crippen molar-refractivity contribution >= 4 is 24.1 Å². The second-order valence-corrected chi connectivity index (χ2v) is 5.06. The first kappa shape index (κ1) is 15.5. The fourth-order valence-electron chi connectivity index (χ4n) is 1.88. The van der Waals surface area contributed by atoms with Gasteiger partial charge in [-0.25, -0.2) is 0 Å². The molecule has 0 bridgehead atoms. The largest absolute Gasteiger partial charge is 0.369 e. The molecule has 1 aromatic rings. The van der Waals surface area contributed by atoms with Gasteiger partial charge in [0.25, 0.3) is 0 Å². The molecule has 0 aliphatic heterocycles. The Morgan fingerprint density at radius 2 is 1.68 bits per heavy atom. The Labute approximate surface area is 120 Å². The number of guanidine groups is 1. The first-order valence-corrected chi connectivity index (χ1v) is 6.34. The summed E-state index contributed by atoms with van der Waals surface area (Å²) in [6, 6.07) is 8.50. The molecule has 0 heterocycles. The van der Waals surface area contributed by atoms with Gasteiger partial charge in [0.1, 0.15) is 0 Å². The van der Waals surface area contributed by atoms with Gasteiger partial charge in [-0.15, -0.1) is 17.5 Å². The van der Waals surface area contributed by atoms with Crippen molar-refractivity contribution < 1.29 is 0 Å². The predicted molar refractivity (Wildman–Crippen MR) is 82.8 cm³/mol. The smallest absolute Gasteiger partial charge is 0.211 e. The van der Waals surface area contributed by atoms with Crippen molar-refractivity contribution in [3.8, 4) is 0 Å². The van der Waals surface area contributed by atoms with Crippen molar-refractivity contribution in [3.63, 3.8) is 0 Å². The molecule has 1 saturated carbocycles. The third-order valence-electron chi connectivity index (χ3n) is 3.11. The Morgan fingerprint density at radius 1 is 1.11 bits per heavy atom. The zero-order chi connectivity index (χ0) is 13.1. The fourth-order valence-corrected chi connectivity index (χ4v) is 1.88. The van der Waals surface area contributed by atoms with Crippen LogP contribution >= 0.6 is 12.4 Å². The molecule has 0 spiro atoms. The van der Waals surface area contributed by atoms with E-state index in [4.69, 9.17) is 11.5 Å². The van der Waals surface area contributed by atoms with Gasteiger partial charge in [0.2, 0.25) is 5.96 Å². The van der Waals surface area contributed by atoms with Gasteiger partial charge in [-0.2, -0.15) is 5.10 Å². The second-order valence-electron chi connectivity index (χ2n) is 5.06. The molecule has 1 aromatic carbocycles. The number of nitrogens with zero attached hydrogens (tertiary/aromatic N) is 2. The molecular weight excluding hydrogens is 260 g/mol. The van der Waals surface area contributed by atoms with Crippen molar-refractivity contribution in [2.24, 2.45) is 27.6 Å². The van der Waals surface area contributed by atoms with Crippen molar-refractivity contribution in [1.29, 1.82) is 0 Å². The minimum atomic E-state index is 0. The van der Waals surface area contributed by atoms with Crippen LogP contribution < -0.4 is 11.5 Å². The molecule has 104 valence electrons. The molecule has 0 aromatic heterocycles. The predicted octanol–water partition coefficient (Wildman–Crippen LogP) is 2.62. The van der Waals surface area contributed by atoms with Gasteiger partial charge in [0, 0.05) is 5.92 Å². The lowest BCUT2D eigenvalue weighted by Crippen LogP contribution is -2.22. The van der Waals surface area contributed by atoms with E-state index in [0.29, 0.717) is 11.8 Å². The van der Waals surface area contributed by atoms with Gasteiger partial charge in [0.05, 0.1) is 5.71 Å². The van der Waals surface area contributed by atoms with E-state index in [2.05, 4.69) is 48.3 Å². The number of nitrogens with two attached hydrogens (primary N) is 2. The van der Waals surface area contributed by atoms with Crippen molar-refractivity contribution in [2.75, 3.05) is 0 Å². The maximum Gasteiger partial charge on any atom is 0.211 e. The van der Waals surface area contributed by atoms with Gasteiger partial charge in [-0.1, -0.05) is 38.1 Å². The number of hydrogen-bond donors (Lipinski definition) is 2. The highest BCUT2D eigenvalue weighted by atomic mass is 35.5. The molecule has 1 fully saturated rings. The Hall–Kier alpha value is -1.55. The molecule has 0 saturated heterocycles. The monoisotopic (exact) mass is 280 g/mol. The maximum absolute atomic E-state index is 5.32. The van der Waals surface area contributed by atoms with E-state index in [1.165, 1.54) is 18.4 Å². The third kappa shape index (κ3) is 4.24. The third-order valence-corrected chi connectivity index (χ3v) is 3.11. The van der Waals surface area contributed by atoms with Crippen LogP contribution in [0.3, 0.4) is 0 Å². The lowest BCUT2D eigenvalue weighted by atomic mass is 9.99. The molecule has 0 amide bonds. The summed E-state index contributed by atoms with van der Waals surface area (Å²) in [4.78, 5) is 0. The number of benzene rings is 1. The molecule has 1 aliphatic rings.